The number of hydrogen-bond donors (Lipinski definition) is 1. The normalized spacial score (nSPS) is 15.5. The number of hydrogen-bond acceptors (Lipinski definition) is 3. The lowest BCUT2D eigenvalue weighted by atomic mass is 10.0. The Bertz CT molecular complexity index is 632. The first kappa shape index (κ1) is 14.8. The van der Waals surface area contributed by atoms with Crippen molar-refractivity contribution in [2.24, 2.45) is 0 Å². The van der Waals surface area contributed by atoms with E-state index in [1.54, 1.807) is 0 Å². The highest BCUT2D eigenvalue weighted by Gasteiger charge is 2.24. The molecule has 1 aromatic carbocycles. The summed E-state index contributed by atoms with van der Waals surface area (Å²) >= 11 is 1.53. The van der Waals surface area contributed by atoms with E-state index in [2.05, 4.69) is 5.32 Å². The fourth-order valence-electron chi connectivity index (χ4n) is 2.65. The Balaban J connectivity index is 1.52. The minimum atomic E-state index is -0.0387. The second-order valence-corrected chi connectivity index (χ2v) is 6.20. The molecular formula is C17H18N2O2S. The summed E-state index contributed by atoms with van der Waals surface area (Å²) in [6.07, 6.45) is 1.60. The third kappa shape index (κ3) is 3.36. The molecule has 0 bridgehead atoms. The molecule has 1 aliphatic rings. The Hall–Kier alpha value is -2.14. The summed E-state index contributed by atoms with van der Waals surface area (Å²) in [5, 5.41) is 6.85. The van der Waals surface area contributed by atoms with Crippen LogP contribution in [0.2, 0.25) is 0 Å². The van der Waals surface area contributed by atoms with Crippen LogP contribution in [0, 0.1) is 0 Å². The quantitative estimate of drug-likeness (QED) is 0.947. The molecule has 0 aliphatic carbocycles. The minimum absolute atomic E-state index is 0.0387. The highest BCUT2D eigenvalue weighted by molar-refractivity contribution is 7.08. The first-order chi connectivity index (χ1) is 10.7. The van der Waals surface area contributed by atoms with Gasteiger partial charge in [-0.2, -0.15) is 11.3 Å². The van der Waals surface area contributed by atoms with Gasteiger partial charge in [0.05, 0.1) is 5.56 Å². The van der Waals surface area contributed by atoms with E-state index < -0.39 is 0 Å². The minimum Gasteiger partial charge on any atom is -0.349 e. The summed E-state index contributed by atoms with van der Waals surface area (Å²) in [6, 6.07) is 11.2. The first-order valence-electron chi connectivity index (χ1n) is 7.41. The molecule has 0 atom stereocenters. The number of thiophene rings is 1. The Labute approximate surface area is 133 Å². The van der Waals surface area contributed by atoms with Crippen molar-refractivity contribution in [1.29, 1.82) is 0 Å². The highest BCUT2D eigenvalue weighted by atomic mass is 32.1. The van der Waals surface area contributed by atoms with Crippen LogP contribution in [-0.4, -0.2) is 35.8 Å². The molecular weight excluding hydrogens is 296 g/mol. The van der Waals surface area contributed by atoms with E-state index in [9.17, 15) is 9.59 Å². The fraction of sp³-hybridized carbons (Fsp3) is 0.294. The van der Waals surface area contributed by atoms with E-state index in [0.717, 1.165) is 18.4 Å². The average Bonchev–Trinajstić information content (AvgIpc) is 3.10. The Morgan fingerprint density at radius 1 is 1.05 bits per heavy atom. The summed E-state index contributed by atoms with van der Waals surface area (Å²) in [7, 11) is 0. The van der Waals surface area contributed by atoms with Gasteiger partial charge in [-0.05, 0) is 36.4 Å². The molecule has 4 nitrogen and oxygen atoms in total. The van der Waals surface area contributed by atoms with Crippen molar-refractivity contribution in [3.63, 3.8) is 0 Å². The molecule has 1 aromatic heterocycles. The van der Waals surface area contributed by atoms with Crippen molar-refractivity contribution in [3.05, 3.63) is 58.3 Å². The lowest BCUT2D eigenvalue weighted by Crippen LogP contribution is -2.46. The number of likely N-dealkylation sites (tertiary alicyclic amines) is 1. The zero-order valence-corrected chi connectivity index (χ0v) is 13.0. The summed E-state index contributed by atoms with van der Waals surface area (Å²) in [4.78, 5) is 26.2. The summed E-state index contributed by atoms with van der Waals surface area (Å²) < 4.78 is 0. The molecule has 2 amide bonds. The predicted octanol–water partition coefficient (Wildman–Crippen LogP) is 2.78. The topological polar surface area (TPSA) is 49.4 Å². The standard InChI is InChI=1S/C17H18N2O2S/c20-16(13-4-2-1-3-5-13)18-15-6-9-19(10-7-15)17(21)14-8-11-22-12-14/h1-5,8,11-12,15H,6-7,9-10H2,(H,18,20). The van der Waals surface area contributed by atoms with Crippen LogP contribution in [0.1, 0.15) is 33.6 Å². The van der Waals surface area contributed by atoms with E-state index >= 15 is 0 Å². The SMILES string of the molecule is O=C(NC1CCN(C(=O)c2ccsc2)CC1)c1ccccc1. The maximum absolute atomic E-state index is 12.3. The molecule has 2 aromatic rings. The van der Waals surface area contributed by atoms with Gasteiger partial charge in [-0.15, -0.1) is 0 Å². The Morgan fingerprint density at radius 3 is 2.41 bits per heavy atom. The van der Waals surface area contributed by atoms with Crippen LogP contribution in [0.3, 0.4) is 0 Å². The molecule has 5 heteroatoms. The smallest absolute Gasteiger partial charge is 0.254 e. The molecule has 1 aliphatic heterocycles. The summed E-state index contributed by atoms with van der Waals surface area (Å²) in [6.45, 7) is 1.38. The summed E-state index contributed by atoms with van der Waals surface area (Å²) in [5.74, 6) is 0.0531. The molecule has 1 fully saturated rings. The summed E-state index contributed by atoms with van der Waals surface area (Å²) in [5.41, 5.74) is 1.44. The van der Waals surface area contributed by atoms with Crippen molar-refractivity contribution >= 4 is 23.2 Å². The van der Waals surface area contributed by atoms with Gasteiger partial charge in [0.1, 0.15) is 0 Å². The van der Waals surface area contributed by atoms with Crippen LogP contribution in [-0.2, 0) is 0 Å². The van der Waals surface area contributed by atoms with E-state index in [-0.39, 0.29) is 17.9 Å². The largest absolute Gasteiger partial charge is 0.349 e. The van der Waals surface area contributed by atoms with Crippen LogP contribution in [0.15, 0.2) is 47.2 Å². The van der Waals surface area contributed by atoms with Crippen molar-refractivity contribution in [2.75, 3.05) is 13.1 Å². The third-order valence-corrected chi connectivity index (χ3v) is 4.60. The number of amides is 2. The highest BCUT2D eigenvalue weighted by Crippen LogP contribution is 2.16. The monoisotopic (exact) mass is 314 g/mol. The lowest BCUT2D eigenvalue weighted by molar-refractivity contribution is 0.0698. The van der Waals surface area contributed by atoms with E-state index in [1.807, 2.05) is 52.1 Å². The van der Waals surface area contributed by atoms with Crippen LogP contribution >= 0.6 is 11.3 Å². The van der Waals surface area contributed by atoms with Crippen LogP contribution in [0.5, 0.6) is 0 Å². The zero-order chi connectivity index (χ0) is 15.4. The Morgan fingerprint density at radius 2 is 1.77 bits per heavy atom. The third-order valence-electron chi connectivity index (χ3n) is 3.92. The van der Waals surface area contributed by atoms with Gasteiger partial charge in [0.15, 0.2) is 0 Å². The number of rotatable bonds is 3. The molecule has 0 saturated carbocycles. The number of carbonyl (C=O) groups excluding carboxylic acids is 2. The van der Waals surface area contributed by atoms with Gasteiger partial charge in [-0.1, -0.05) is 18.2 Å². The number of benzene rings is 1. The first-order valence-corrected chi connectivity index (χ1v) is 8.36. The van der Waals surface area contributed by atoms with Crippen molar-refractivity contribution in [1.82, 2.24) is 10.2 Å². The van der Waals surface area contributed by atoms with Gasteiger partial charge in [0.25, 0.3) is 11.8 Å². The van der Waals surface area contributed by atoms with E-state index in [1.165, 1.54) is 11.3 Å². The molecule has 2 heterocycles. The van der Waals surface area contributed by atoms with Gasteiger partial charge in [-0.25, -0.2) is 0 Å². The van der Waals surface area contributed by atoms with Gasteiger partial charge >= 0.3 is 0 Å². The maximum atomic E-state index is 12.3. The van der Waals surface area contributed by atoms with Crippen molar-refractivity contribution in [2.45, 2.75) is 18.9 Å². The molecule has 1 N–H and O–H groups in total. The van der Waals surface area contributed by atoms with Crippen molar-refractivity contribution in [3.8, 4) is 0 Å². The Kier molecular flexibility index (Phi) is 4.53. The number of nitrogens with zero attached hydrogens (tertiary/aromatic N) is 1. The molecule has 0 unspecified atom stereocenters. The predicted molar refractivity (Wildman–Crippen MR) is 87.2 cm³/mol. The second-order valence-electron chi connectivity index (χ2n) is 5.42. The van der Waals surface area contributed by atoms with Crippen molar-refractivity contribution < 1.29 is 9.59 Å². The van der Waals surface area contributed by atoms with Gasteiger partial charge in [0.2, 0.25) is 0 Å². The molecule has 0 radical (unpaired) electrons. The fourth-order valence-corrected chi connectivity index (χ4v) is 3.28. The molecule has 1 saturated heterocycles. The van der Waals surface area contributed by atoms with Crippen LogP contribution in [0.25, 0.3) is 0 Å². The molecule has 22 heavy (non-hydrogen) atoms. The number of nitrogens with one attached hydrogen (secondary N) is 1. The van der Waals surface area contributed by atoms with E-state index in [0.29, 0.717) is 18.7 Å². The van der Waals surface area contributed by atoms with Gasteiger partial charge < -0.3 is 10.2 Å². The van der Waals surface area contributed by atoms with E-state index in [4.69, 9.17) is 0 Å². The molecule has 3 rings (SSSR count). The molecule has 0 spiro atoms. The maximum Gasteiger partial charge on any atom is 0.254 e. The number of carbonyl (C=O) groups is 2. The van der Waals surface area contributed by atoms with Crippen LogP contribution in [0.4, 0.5) is 0 Å². The molecule has 114 valence electrons. The van der Waals surface area contributed by atoms with Crippen LogP contribution < -0.4 is 5.32 Å². The van der Waals surface area contributed by atoms with Gasteiger partial charge in [0, 0.05) is 30.1 Å². The number of piperidine rings is 1. The average molecular weight is 314 g/mol. The zero-order valence-electron chi connectivity index (χ0n) is 12.2. The van der Waals surface area contributed by atoms with Gasteiger partial charge in [-0.3, -0.25) is 9.59 Å². The second kappa shape index (κ2) is 6.75. The lowest BCUT2D eigenvalue weighted by Gasteiger charge is -2.32.